The maximum atomic E-state index is 11.3. The zero-order chi connectivity index (χ0) is 17.1. The van der Waals surface area contributed by atoms with Crippen LogP contribution in [0, 0.1) is 10.1 Å². The number of nitro benzene ring substituents is 1. The number of hydrogen-bond acceptors (Lipinski definition) is 4. The van der Waals surface area contributed by atoms with E-state index in [1.807, 2.05) is 0 Å². The highest BCUT2D eigenvalue weighted by Crippen LogP contribution is 2.43. The standard InChI is InChI=1S/C16H25NO4Si/c1-11(2)22(12(3)4,13(5)6)21-16-8-7-15(17(19)20)9-14(16)10-18/h7-13H,1-6H3. The number of carbonyl (C=O) groups excluding carboxylic acids is 1. The van der Waals surface area contributed by atoms with Crippen molar-refractivity contribution in [2.75, 3.05) is 0 Å². The number of hydrogen-bond donors (Lipinski definition) is 0. The van der Waals surface area contributed by atoms with Crippen molar-refractivity contribution in [3.8, 4) is 5.75 Å². The SMILES string of the molecule is CC(C)[Si](Oc1ccc([N+](=O)[O-])cc1C=O)(C(C)C)C(C)C. The van der Waals surface area contributed by atoms with Crippen LogP contribution in [0.1, 0.15) is 51.9 Å². The van der Waals surface area contributed by atoms with Crippen molar-refractivity contribution in [1.82, 2.24) is 0 Å². The minimum Gasteiger partial charge on any atom is -0.542 e. The van der Waals surface area contributed by atoms with E-state index in [0.29, 0.717) is 28.7 Å². The van der Waals surface area contributed by atoms with Gasteiger partial charge in [0.05, 0.1) is 10.5 Å². The summed E-state index contributed by atoms with van der Waals surface area (Å²) in [4.78, 5) is 21.7. The molecule has 22 heavy (non-hydrogen) atoms. The van der Waals surface area contributed by atoms with Crippen LogP contribution in [-0.2, 0) is 0 Å². The third kappa shape index (κ3) is 3.38. The van der Waals surface area contributed by atoms with Gasteiger partial charge in [-0.05, 0) is 22.7 Å². The number of nitro groups is 1. The smallest absolute Gasteiger partial charge is 0.270 e. The fourth-order valence-electron chi connectivity index (χ4n) is 3.38. The summed E-state index contributed by atoms with van der Waals surface area (Å²) >= 11 is 0. The van der Waals surface area contributed by atoms with Gasteiger partial charge in [-0.1, -0.05) is 41.5 Å². The molecule has 0 saturated heterocycles. The Morgan fingerprint density at radius 1 is 1.09 bits per heavy atom. The van der Waals surface area contributed by atoms with Gasteiger partial charge in [0.15, 0.2) is 6.29 Å². The van der Waals surface area contributed by atoms with Crippen LogP contribution in [0.15, 0.2) is 18.2 Å². The third-order valence-corrected chi connectivity index (χ3v) is 10.3. The Morgan fingerprint density at radius 3 is 1.95 bits per heavy atom. The summed E-state index contributed by atoms with van der Waals surface area (Å²) in [5.41, 5.74) is 1.24. The minimum atomic E-state index is -2.19. The molecular formula is C16H25NO4Si. The molecule has 0 aliphatic heterocycles. The van der Waals surface area contributed by atoms with Crippen molar-refractivity contribution in [1.29, 1.82) is 0 Å². The number of non-ortho nitro benzene ring substituents is 1. The summed E-state index contributed by atoms with van der Waals surface area (Å²) in [7, 11) is -2.19. The molecule has 0 fully saturated rings. The Hall–Kier alpha value is -1.69. The zero-order valence-electron chi connectivity index (χ0n) is 14.1. The summed E-state index contributed by atoms with van der Waals surface area (Å²) in [6.45, 7) is 12.9. The first-order chi connectivity index (χ1) is 10.2. The summed E-state index contributed by atoms with van der Waals surface area (Å²) in [6, 6.07) is 4.22. The molecule has 0 aromatic heterocycles. The first-order valence-electron chi connectivity index (χ1n) is 7.59. The second kappa shape index (κ2) is 7.04. The fourth-order valence-corrected chi connectivity index (χ4v) is 8.65. The van der Waals surface area contributed by atoms with E-state index in [1.54, 1.807) is 6.07 Å². The molecule has 0 unspecified atom stereocenters. The molecule has 0 aliphatic carbocycles. The Labute approximate surface area is 133 Å². The summed E-state index contributed by atoms with van der Waals surface area (Å²) in [5, 5.41) is 10.8. The van der Waals surface area contributed by atoms with Crippen LogP contribution < -0.4 is 4.43 Å². The van der Waals surface area contributed by atoms with Crippen LogP contribution in [0.5, 0.6) is 5.75 Å². The summed E-state index contributed by atoms with van der Waals surface area (Å²) in [5.74, 6) is 0.461. The Balaban J connectivity index is 3.35. The molecule has 5 nitrogen and oxygen atoms in total. The molecule has 0 saturated carbocycles. The van der Waals surface area contributed by atoms with Crippen molar-refractivity contribution in [2.45, 2.75) is 58.2 Å². The molecule has 0 radical (unpaired) electrons. The van der Waals surface area contributed by atoms with Gasteiger partial charge in [0.25, 0.3) is 14.0 Å². The molecular weight excluding hydrogens is 298 g/mol. The van der Waals surface area contributed by atoms with E-state index >= 15 is 0 Å². The van der Waals surface area contributed by atoms with Gasteiger partial charge in [0, 0.05) is 12.1 Å². The lowest BCUT2D eigenvalue weighted by molar-refractivity contribution is -0.384. The van der Waals surface area contributed by atoms with Gasteiger partial charge < -0.3 is 4.43 Å². The topological polar surface area (TPSA) is 69.4 Å². The average Bonchev–Trinajstić information content (AvgIpc) is 2.43. The molecule has 1 aromatic rings. The molecule has 0 aliphatic rings. The summed E-state index contributed by atoms with van der Waals surface area (Å²) < 4.78 is 6.43. The molecule has 0 heterocycles. The van der Waals surface area contributed by atoms with Gasteiger partial charge in [-0.2, -0.15) is 0 Å². The molecule has 6 heteroatoms. The van der Waals surface area contributed by atoms with Gasteiger partial charge in [-0.3, -0.25) is 14.9 Å². The lowest BCUT2D eigenvalue weighted by atomic mass is 10.2. The van der Waals surface area contributed by atoms with E-state index in [1.165, 1.54) is 12.1 Å². The Kier molecular flexibility index (Phi) is 5.88. The molecule has 0 N–H and O–H groups in total. The van der Waals surface area contributed by atoms with Gasteiger partial charge in [0.1, 0.15) is 5.75 Å². The van der Waals surface area contributed by atoms with E-state index in [0.717, 1.165) is 0 Å². The number of benzene rings is 1. The van der Waals surface area contributed by atoms with E-state index in [-0.39, 0.29) is 11.3 Å². The van der Waals surface area contributed by atoms with Crippen LogP contribution in [0.2, 0.25) is 16.6 Å². The molecule has 0 bridgehead atoms. The monoisotopic (exact) mass is 323 g/mol. The molecule has 0 spiro atoms. The highest BCUT2D eigenvalue weighted by molar-refractivity contribution is 6.78. The maximum Gasteiger partial charge on any atom is 0.270 e. The third-order valence-electron chi connectivity index (χ3n) is 4.32. The van der Waals surface area contributed by atoms with Crippen LogP contribution in [0.25, 0.3) is 0 Å². The molecule has 0 amide bonds. The molecule has 1 rings (SSSR count). The van der Waals surface area contributed by atoms with E-state index in [4.69, 9.17) is 4.43 Å². The molecule has 122 valence electrons. The predicted octanol–water partition coefficient (Wildman–Crippen LogP) is 4.96. The van der Waals surface area contributed by atoms with Crippen molar-refractivity contribution >= 4 is 20.3 Å². The zero-order valence-corrected chi connectivity index (χ0v) is 15.1. The second-order valence-electron chi connectivity index (χ2n) is 6.52. The van der Waals surface area contributed by atoms with Gasteiger partial charge >= 0.3 is 0 Å². The van der Waals surface area contributed by atoms with Crippen LogP contribution >= 0.6 is 0 Å². The van der Waals surface area contributed by atoms with E-state index in [2.05, 4.69) is 41.5 Å². The maximum absolute atomic E-state index is 11.3. The second-order valence-corrected chi connectivity index (χ2v) is 11.9. The predicted molar refractivity (Wildman–Crippen MR) is 90.2 cm³/mol. The van der Waals surface area contributed by atoms with Crippen LogP contribution in [0.3, 0.4) is 0 Å². The number of carbonyl (C=O) groups is 1. The van der Waals surface area contributed by atoms with Gasteiger partial charge in [-0.15, -0.1) is 0 Å². The highest BCUT2D eigenvalue weighted by atomic mass is 28.4. The normalized spacial score (nSPS) is 12.0. The first kappa shape index (κ1) is 18.4. The van der Waals surface area contributed by atoms with E-state index in [9.17, 15) is 14.9 Å². The minimum absolute atomic E-state index is 0.0969. The number of aldehydes is 1. The van der Waals surface area contributed by atoms with E-state index < -0.39 is 13.2 Å². The lowest BCUT2D eigenvalue weighted by Crippen LogP contribution is -2.50. The number of nitrogens with zero attached hydrogens (tertiary/aromatic N) is 1. The Bertz CT molecular complexity index is 533. The molecule has 0 atom stereocenters. The van der Waals surface area contributed by atoms with Crippen molar-refractivity contribution in [2.24, 2.45) is 0 Å². The average molecular weight is 323 g/mol. The van der Waals surface area contributed by atoms with Crippen molar-refractivity contribution < 1.29 is 14.1 Å². The van der Waals surface area contributed by atoms with Crippen LogP contribution in [0.4, 0.5) is 5.69 Å². The quantitative estimate of drug-likeness (QED) is 0.308. The Morgan fingerprint density at radius 2 is 1.59 bits per heavy atom. The largest absolute Gasteiger partial charge is 0.542 e. The van der Waals surface area contributed by atoms with Gasteiger partial charge in [0.2, 0.25) is 0 Å². The molecule has 1 aromatic carbocycles. The fraction of sp³-hybridized carbons (Fsp3) is 0.562. The lowest BCUT2D eigenvalue weighted by Gasteiger charge is -2.42. The van der Waals surface area contributed by atoms with Crippen molar-refractivity contribution in [3.63, 3.8) is 0 Å². The van der Waals surface area contributed by atoms with Gasteiger partial charge in [-0.25, -0.2) is 0 Å². The highest BCUT2D eigenvalue weighted by Gasteiger charge is 2.47. The van der Waals surface area contributed by atoms with Crippen LogP contribution in [-0.4, -0.2) is 19.5 Å². The number of rotatable bonds is 7. The van der Waals surface area contributed by atoms with Crippen molar-refractivity contribution in [3.05, 3.63) is 33.9 Å². The summed E-state index contributed by atoms with van der Waals surface area (Å²) in [6.07, 6.45) is 0.627. The first-order valence-corrected chi connectivity index (χ1v) is 9.73.